The fourth-order valence-electron chi connectivity index (χ4n) is 5.12. The third-order valence-electron chi connectivity index (χ3n) is 6.65. The molecule has 33 heavy (non-hydrogen) atoms. The largest absolute Gasteiger partial charge is 0.393 e. The summed E-state index contributed by atoms with van der Waals surface area (Å²) in [4.78, 5) is 24.1. The van der Waals surface area contributed by atoms with Crippen molar-refractivity contribution in [2.24, 2.45) is 5.41 Å². The van der Waals surface area contributed by atoms with E-state index in [4.69, 9.17) is 0 Å². The Morgan fingerprint density at radius 1 is 1.27 bits per heavy atom. The maximum Gasteiger partial charge on any atom is 0.393 e. The number of hydrogen-bond donors (Lipinski definition) is 1. The van der Waals surface area contributed by atoms with Gasteiger partial charge in [0, 0.05) is 48.1 Å². The smallest absolute Gasteiger partial charge is 0.356 e. The molecule has 0 unspecified atom stereocenters. The molecule has 3 aromatic rings. The number of aromatic amines is 1. The van der Waals surface area contributed by atoms with Gasteiger partial charge >= 0.3 is 6.18 Å². The first kappa shape index (κ1) is 21.4. The SMILES string of the molecule is C=CC(=O)N1CC2(CCN(c3ncnc(-c4c(C)ccc5[nH]ncc45)c3CC(F)(F)F)C2)C1. The van der Waals surface area contributed by atoms with Crippen molar-refractivity contribution in [1.82, 2.24) is 25.1 Å². The molecular formula is C23H23F3N6O. The van der Waals surface area contributed by atoms with E-state index in [0.717, 1.165) is 22.9 Å². The predicted octanol–water partition coefficient (Wildman–Crippen LogP) is 3.66. The number of hydrogen-bond acceptors (Lipinski definition) is 5. The van der Waals surface area contributed by atoms with Gasteiger partial charge in [-0.05, 0) is 31.1 Å². The predicted molar refractivity (Wildman–Crippen MR) is 118 cm³/mol. The van der Waals surface area contributed by atoms with Crippen LogP contribution in [0, 0.1) is 12.3 Å². The number of aromatic nitrogens is 4. The number of nitrogens with zero attached hydrogens (tertiary/aromatic N) is 5. The van der Waals surface area contributed by atoms with Crippen LogP contribution in [0.4, 0.5) is 19.0 Å². The molecule has 2 aliphatic rings. The van der Waals surface area contributed by atoms with Gasteiger partial charge in [-0.1, -0.05) is 12.6 Å². The van der Waals surface area contributed by atoms with Crippen LogP contribution in [0.25, 0.3) is 22.2 Å². The molecule has 0 radical (unpaired) electrons. The van der Waals surface area contributed by atoms with Crippen LogP contribution in [-0.2, 0) is 11.2 Å². The number of H-pyrrole nitrogens is 1. The number of anilines is 1. The Bertz CT molecular complexity index is 1240. The van der Waals surface area contributed by atoms with Crippen LogP contribution in [0.2, 0.25) is 0 Å². The molecule has 2 saturated heterocycles. The molecule has 2 aliphatic heterocycles. The summed E-state index contributed by atoms with van der Waals surface area (Å²) in [7, 11) is 0. The van der Waals surface area contributed by atoms with Crippen molar-refractivity contribution in [1.29, 1.82) is 0 Å². The highest BCUT2D eigenvalue weighted by Gasteiger charge is 2.49. The lowest BCUT2D eigenvalue weighted by molar-refractivity contribution is -0.136. The number of rotatable bonds is 4. The van der Waals surface area contributed by atoms with Crippen LogP contribution in [0.1, 0.15) is 17.5 Å². The summed E-state index contributed by atoms with van der Waals surface area (Å²) in [6.07, 6.45) is -0.529. The maximum absolute atomic E-state index is 13.7. The Labute approximate surface area is 188 Å². The number of amides is 1. The van der Waals surface area contributed by atoms with E-state index >= 15 is 0 Å². The zero-order chi connectivity index (χ0) is 23.4. The van der Waals surface area contributed by atoms with Crippen molar-refractivity contribution < 1.29 is 18.0 Å². The second kappa shape index (κ2) is 7.57. The number of likely N-dealkylation sites (tertiary alicyclic amines) is 1. The average Bonchev–Trinajstić information content (AvgIpc) is 3.39. The first-order valence-corrected chi connectivity index (χ1v) is 10.7. The summed E-state index contributed by atoms with van der Waals surface area (Å²) in [5, 5.41) is 7.65. The van der Waals surface area contributed by atoms with Gasteiger partial charge in [0.25, 0.3) is 0 Å². The summed E-state index contributed by atoms with van der Waals surface area (Å²) in [6.45, 7) is 7.65. The zero-order valence-corrected chi connectivity index (χ0v) is 18.1. The number of fused-ring (bicyclic) bond motifs is 1. The van der Waals surface area contributed by atoms with E-state index < -0.39 is 12.6 Å². The van der Waals surface area contributed by atoms with Crippen molar-refractivity contribution in [3.63, 3.8) is 0 Å². The van der Waals surface area contributed by atoms with Gasteiger partial charge in [-0.3, -0.25) is 9.89 Å². The van der Waals surface area contributed by atoms with Crippen molar-refractivity contribution in [2.45, 2.75) is 25.9 Å². The quantitative estimate of drug-likeness (QED) is 0.607. The summed E-state index contributed by atoms with van der Waals surface area (Å²) in [5.74, 6) is 0.187. The lowest BCUT2D eigenvalue weighted by Gasteiger charge is -2.47. The van der Waals surface area contributed by atoms with Gasteiger partial charge in [0.05, 0.1) is 23.8 Å². The molecule has 172 valence electrons. The maximum atomic E-state index is 13.7. The highest BCUT2D eigenvalue weighted by atomic mass is 19.4. The van der Waals surface area contributed by atoms with Gasteiger partial charge in [-0.25, -0.2) is 9.97 Å². The molecule has 1 aromatic carbocycles. The summed E-state index contributed by atoms with van der Waals surface area (Å²) < 4.78 is 41.2. The van der Waals surface area contributed by atoms with Gasteiger partial charge < -0.3 is 9.80 Å². The standard InChI is InChI=1S/C23H23F3N6O/c1-3-18(33)32-11-22(12-32)6-7-31(10-22)21-15(8-23(24,25)26)20(27-13-28-21)19-14(2)4-5-17-16(19)9-29-30-17/h3-5,9,13H,1,6-8,10-12H2,2H3,(H,29,30). The highest BCUT2D eigenvalue weighted by molar-refractivity contribution is 5.96. The normalized spacial score (nSPS) is 17.6. The Hall–Kier alpha value is -3.43. The number of nitrogens with one attached hydrogen (secondary N) is 1. The van der Waals surface area contributed by atoms with Gasteiger partial charge in [-0.2, -0.15) is 18.3 Å². The fraction of sp³-hybridized carbons (Fsp3) is 0.391. The molecule has 0 atom stereocenters. The molecule has 1 N–H and O–H groups in total. The summed E-state index contributed by atoms with van der Waals surface area (Å²) >= 11 is 0. The van der Waals surface area contributed by atoms with Gasteiger partial charge in [0.1, 0.15) is 12.1 Å². The Kier molecular flexibility index (Phi) is 4.91. The molecule has 1 spiro atoms. The second-order valence-corrected chi connectivity index (χ2v) is 8.98. The number of aryl methyl sites for hydroxylation is 1. The molecule has 7 nitrogen and oxygen atoms in total. The van der Waals surface area contributed by atoms with E-state index in [1.54, 1.807) is 11.1 Å². The lowest BCUT2D eigenvalue weighted by atomic mass is 9.79. The molecule has 2 fully saturated rings. The number of carbonyl (C=O) groups excluding carboxylic acids is 1. The molecule has 2 aromatic heterocycles. The molecule has 0 bridgehead atoms. The number of alkyl halides is 3. The topological polar surface area (TPSA) is 78.0 Å². The molecule has 0 saturated carbocycles. The molecule has 5 rings (SSSR count). The average molecular weight is 456 g/mol. The Morgan fingerprint density at radius 2 is 2.06 bits per heavy atom. The van der Waals surface area contributed by atoms with Crippen LogP contribution in [0.3, 0.4) is 0 Å². The van der Waals surface area contributed by atoms with Gasteiger partial charge in [-0.15, -0.1) is 0 Å². The lowest BCUT2D eigenvalue weighted by Crippen LogP contribution is -2.59. The highest BCUT2D eigenvalue weighted by Crippen LogP contribution is 2.44. The fourth-order valence-corrected chi connectivity index (χ4v) is 5.12. The summed E-state index contributed by atoms with van der Waals surface area (Å²) in [5.41, 5.74) is 2.39. The van der Waals surface area contributed by atoms with E-state index in [1.165, 1.54) is 12.4 Å². The molecular weight excluding hydrogens is 433 g/mol. The van der Waals surface area contributed by atoms with Crippen molar-refractivity contribution >= 4 is 22.6 Å². The molecule has 1 amide bonds. The van der Waals surface area contributed by atoms with Gasteiger partial charge in [0.15, 0.2) is 0 Å². The third-order valence-corrected chi connectivity index (χ3v) is 6.65. The molecule has 10 heteroatoms. The minimum Gasteiger partial charge on any atom is -0.356 e. The van der Waals surface area contributed by atoms with Crippen LogP contribution in [0.5, 0.6) is 0 Å². The van der Waals surface area contributed by atoms with E-state index in [2.05, 4.69) is 26.7 Å². The minimum absolute atomic E-state index is 0.0668. The van der Waals surface area contributed by atoms with E-state index in [1.807, 2.05) is 24.0 Å². The second-order valence-electron chi connectivity index (χ2n) is 8.98. The number of halogens is 3. The number of benzene rings is 1. The first-order chi connectivity index (χ1) is 15.7. The van der Waals surface area contributed by atoms with Crippen LogP contribution < -0.4 is 4.90 Å². The van der Waals surface area contributed by atoms with Crippen LogP contribution in [0.15, 0.2) is 37.3 Å². The van der Waals surface area contributed by atoms with Crippen molar-refractivity contribution in [2.75, 3.05) is 31.1 Å². The van der Waals surface area contributed by atoms with E-state index in [0.29, 0.717) is 37.6 Å². The minimum atomic E-state index is -4.42. The van der Waals surface area contributed by atoms with Crippen LogP contribution in [-0.4, -0.2) is 63.3 Å². The monoisotopic (exact) mass is 456 g/mol. The molecule has 4 heterocycles. The summed E-state index contributed by atoms with van der Waals surface area (Å²) in [6, 6.07) is 3.70. The Balaban J connectivity index is 1.56. The number of carbonyl (C=O) groups is 1. The first-order valence-electron chi connectivity index (χ1n) is 10.7. The Morgan fingerprint density at radius 3 is 2.79 bits per heavy atom. The van der Waals surface area contributed by atoms with Gasteiger partial charge in [0.2, 0.25) is 5.91 Å². The van der Waals surface area contributed by atoms with Crippen molar-refractivity contribution in [3.8, 4) is 11.3 Å². The molecule has 0 aliphatic carbocycles. The zero-order valence-electron chi connectivity index (χ0n) is 18.1. The van der Waals surface area contributed by atoms with E-state index in [9.17, 15) is 18.0 Å². The van der Waals surface area contributed by atoms with E-state index in [-0.39, 0.29) is 22.6 Å². The van der Waals surface area contributed by atoms with Crippen LogP contribution >= 0.6 is 0 Å². The van der Waals surface area contributed by atoms with Crippen molar-refractivity contribution in [3.05, 3.63) is 48.4 Å². The third kappa shape index (κ3) is 3.73.